The van der Waals surface area contributed by atoms with Crippen LogP contribution in [0.25, 0.3) is 22.3 Å². The van der Waals surface area contributed by atoms with E-state index in [-0.39, 0.29) is 33.8 Å². The molecule has 1 heterocycles. The van der Waals surface area contributed by atoms with Gasteiger partial charge in [-0.1, -0.05) is 23.3 Å². The van der Waals surface area contributed by atoms with E-state index in [1.54, 1.807) is 6.07 Å². The van der Waals surface area contributed by atoms with Crippen LogP contribution in [0.2, 0.25) is 0 Å². The van der Waals surface area contributed by atoms with Gasteiger partial charge in [0.2, 0.25) is 0 Å². The maximum absolute atomic E-state index is 12.5. The maximum atomic E-state index is 12.5. The molecule has 162 valence electrons. The van der Waals surface area contributed by atoms with E-state index in [1.165, 1.54) is 23.3 Å². The molecular weight excluding hydrogens is 396 g/mol. The molecule has 0 saturated carbocycles. The summed E-state index contributed by atoms with van der Waals surface area (Å²) in [4.78, 5) is 12.5. The molecule has 0 unspecified atom stereocenters. The number of phenols is 4. The van der Waals surface area contributed by atoms with E-state index in [2.05, 4.69) is 26.0 Å². The van der Waals surface area contributed by atoms with Crippen LogP contribution in [-0.2, 0) is 6.42 Å². The Hall–Kier alpha value is -3.67. The summed E-state index contributed by atoms with van der Waals surface area (Å²) >= 11 is 0. The number of rotatable bonds is 6. The van der Waals surface area contributed by atoms with Gasteiger partial charge in [0.15, 0.2) is 16.9 Å². The minimum atomic E-state index is -0.534. The monoisotopic (exact) mass is 422 g/mol. The molecule has 0 fully saturated rings. The lowest BCUT2D eigenvalue weighted by atomic mass is 10.0. The van der Waals surface area contributed by atoms with Crippen LogP contribution in [0.4, 0.5) is 0 Å². The molecule has 3 rings (SSSR count). The van der Waals surface area contributed by atoms with Crippen LogP contribution in [0.5, 0.6) is 23.0 Å². The van der Waals surface area contributed by atoms with Crippen molar-refractivity contribution >= 4 is 11.0 Å². The van der Waals surface area contributed by atoms with Crippen molar-refractivity contribution in [2.24, 2.45) is 0 Å². The lowest BCUT2D eigenvalue weighted by Crippen LogP contribution is -2.01. The first kappa shape index (κ1) is 22.0. The molecule has 3 aromatic rings. The van der Waals surface area contributed by atoms with Crippen molar-refractivity contribution in [2.45, 2.75) is 40.0 Å². The molecule has 0 saturated heterocycles. The Bertz CT molecular complexity index is 1240. The van der Waals surface area contributed by atoms with Gasteiger partial charge in [-0.05, 0) is 57.7 Å². The van der Waals surface area contributed by atoms with Gasteiger partial charge < -0.3 is 24.8 Å². The summed E-state index contributed by atoms with van der Waals surface area (Å²) in [6.45, 7) is 6.17. The third kappa shape index (κ3) is 5.09. The van der Waals surface area contributed by atoms with E-state index >= 15 is 0 Å². The second kappa shape index (κ2) is 9.00. The smallest absolute Gasteiger partial charge is 0.197 e. The van der Waals surface area contributed by atoms with Crippen LogP contribution in [0.15, 0.2) is 62.8 Å². The van der Waals surface area contributed by atoms with Gasteiger partial charge in [-0.3, -0.25) is 4.79 Å². The minimum absolute atomic E-state index is 0.0152. The third-order valence-electron chi connectivity index (χ3n) is 4.99. The van der Waals surface area contributed by atoms with E-state index in [0.29, 0.717) is 6.42 Å². The van der Waals surface area contributed by atoms with Gasteiger partial charge in [-0.25, -0.2) is 0 Å². The fourth-order valence-corrected chi connectivity index (χ4v) is 3.35. The first-order chi connectivity index (χ1) is 14.7. The number of hydrogen-bond acceptors (Lipinski definition) is 6. The van der Waals surface area contributed by atoms with Gasteiger partial charge in [-0.15, -0.1) is 0 Å². The van der Waals surface area contributed by atoms with Gasteiger partial charge in [0.05, 0.1) is 5.56 Å². The van der Waals surface area contributed by atoms with Gasteiger partial charge in [0.1, 0.15) is 28.2 Å². The quantitative estimate of drug-likeness (QED) is 0.308. The van der Waals surface area contributed by atoms with Crippen molar-refractivity contribution in [2.75, 3.05) is 0 Å². The number of fused-ring (bicyclic) bond motifs is 1. The Morgan fingerprint density at radius 2 is 1.68 bits per heavy atom. The van der Waals surface area contributed by atoms with Crippen LogP contribution >= 0.6 is 0 Å². The van der Waals surface area contributed by atoms with Crippen LogP contribution in [0.3, 0.4) is 0 Å². The zero-order chi connectivity index (χ0) is 22.7. The fraction of sp³-hybridized carbons (Fsp3) is 0.240. The third-order valence-corrected chi connectivity index (χ3v) is 4.99. The van der Waals surface area contributed by atoms with E-state index in [1.807, 2.05) is 6.92 Å². The predicted molar refractivity (Wildman–Crippen MR) is 121 cm³/mol. The highest BCUT2D eigenvalue weighted by Crippen LogP contribution is 2.39. The van der Waals surface area contributed by atoms with E-state index in [9.17, 15) is 25.2 Å². The zero-order valence-electron chi connectivity index (χ0n) is 17.8. The number of aromatic hydroxyl groups is 4. The highest BCUT2D eigenvalue weighted by Gasteiger charge is 2.17. The van der Waals surface area contributed by atoms with Crippen molar-refractivity contribution in [3.05, 3.63) is 69.4 Å². The molecule has 0 bridgehead atoms. The van der Waals surface area contributed by atoms with Crippen molar-refractivity contribution < 1.29 is 24.8 Å². The molecule has 1 aromatic heterocycles. The molecule has 0 aliphatic rings. The first-order valence-corrected chi connectivity index (χ1v) is 9.99. The molecule has 31 heavy (non-hydrogen) atoms. The summed E-state index contributed by atoms with van der Waals surface area (Å²) < 4.78 is 5.67. The zero-order valence-corrected chi connectivity index (χ0v) is 17.8. The van der Waals surface area contributed by atoms with Crippen LogP contribution in [0.1, 0.15) is 39.2 Å². The molecule has 0 aliphatic heterocycles. The summed E-state index contributed by atoms with van der Waals surface area (Å²) in [7, 11) is 0. The number of phenolic OH excluding ortho intramolecular Hbond substituents is 4. The second-order valence-electron chi connectivity index (χ2n) is 7.90. The lowest BCUT2D eigenvalue weighted by molar-refractivity contribution is 0.403. The molecular formula is C25H26O6. The normalized spacial score (nSPS) is 11.6. The minimum Gasteiger partial charge on any atom is -0.508 e. The Morgan fingerprint density at radius 1 is 0.935 bits per heavy atom. The maximum Gasteiger partial charge on any atom is 0.197 e. The average Bonchev–Trinajstić information content (AvgIpc) is 2.67. The molecule has 6 heteroatoms. The molecule has 4 N–H and O–H groups in total. The van der Waals surface area contributed by atoms with Gasteiger partial charge in [0.25, 0.3) is 0 Å². The topological polar surface area (TPSA) is 111 Å². The van der Waals surface area contributed by atoms with E-state index in [4.69, 9.17) is 4.42 Å². The molecule has 0 amide bonds. The second-order valence-corrected chi connectivity index (χ2v) is 7.90. The standard InChI is InChI=1S/C25H26O6/c1-14(2)5-4-6-15(3)7-8-16-9-18(25(30)21(29)10-16)22-13-20(28)24-19(27)11-17(26)12-23(24)31-22/h5,7,9-13,26-27,29-30H,4,6,8H2,1-3H3/b15-7+. The van der Waals surface area contributed by atoms with E-state index < -0.39 is 16.9 Å². The van der Waals surface area contributed by atoms with Crippen LogP contribution in [-0.4, -0.2) is 20.4 Å². The molecule has 0 atom stereocenters. The lowest BCUT2D eigenvalue weighted by Gasteiger charge is -2.10. The molecule has 2 aromatic carbocycles. The Balaban J connectivity index is 1.98. The Kier molecular flexibility index (Phi) is 6.39. The van der Waals surface area contributed by atoms with Crippen molar-refractivity contribution in [3.8, 4) is 34.3 Å². The SMILES string of the molecule is CC(C)=CCC/C(C)=C/Cc1cc(O)c(O)c(-c2cc(=O)c3c(O)cc(O)cc3o2)c1. The summed E-state index contributed by atoms with van der Waals surface area (Å²) in [5.41, 5.74) is 2.79. The van der Waals surface area contributed by atoms with Crippen molar-refractivity contribution in [1.29, 1.82) is 0 Å². The van der Waals surface area contributed by atoms with Crippen LogP contribution < -0.4 is 5.43 Å². The summed E-state index contributed by atoms with van der Waals surface area (Å²) in [6, 6.07) is 6.50. The molecule has 6 nitrogen and oxygen atoms in total. The fourth-order valence-electron chi connectivity index (χ4n) is 3.35. The summed E-state index contributed by atoms with van der Waals surface area (Å²) in [5, 5.41) is 40.1. The Labute approximate surface area is 180 Å². The van der Waals surface area contributed by atoms with Crippen molar-refractivity contribution in [1.82, 2.24) is 0 Å². The summed E-state index contributed by atoms with van der Waals surface area (Å²) in [5.74, 6) is -1.39. The van der Waals surface area contributed by atoms with Gasteiger partial charge >= 0.3 is 0 Å². The predicted octanol–water partition coefficient (Wildman–Crippen LogP) is 5.52. The highest BCUT2D eigenvalue weighted by atomic mass is 16.3. The highest BCUT2D eigenvalue weighted by molar-refractivity contribution is 5.86. The number of hydrogen-bond donors (Lipinski definition) is 4. The average molecular weight is 422 g/mol. The van der Waals surface area contributed by atoms with Crippen LogP contribution in [0, 0.1) is 0 Å². The Morgan fingerprint density at radius 3 is 2.39 bits per heavy atom. The van der Waals surface area contributed by atoms with Gasteiger partial charge in [0, 0.05) is 18.2 Å². The molecule has 0 radical (unpaired) electrons. The largest absolute Gasteiger partial charge is 0.508 e. The van der Waals surface area contributed by atoms with Crippen molar-refractivity contribution in [3.63, 3.8) is 0 Å². The number of allylic oxidation sites excluding steroid dienone is 4. The summed E-state index contributed by atoms with van der Waals surface area (Å²) in [6.07, 6.45) is 6.65. The molecule has 0 spiro atoms. The number of benzene rings is 2. The molecule has 0 aliphatic carbocycles. The first-order valence-electron chi connectivity index (χ1n) is 9.99. The van der Waals surface area contributed by atoms with Gasteiger partial charge in [-0.2, -0.15) is 0 Å². The van der Waals surface area contributed by atoms with E-state index in [0.717, 1.165) is 30.5 Å².